The van der Waals surface area contributed by atoms with E-state index < -0.39 is 46.4 Å². The lowest BCUT2D eigenvalue weighted by atomic mass is 9.55. The number of carbonyl (C=O) groups excluding carboxylic acids is 2. The summed E-state index contributed by atoms with van der Waals surface area (Å²) in [5.41, 5.74) is -4.53. The van der Waals surface area contributed by atoms with Gasteiger partial charge in [0, 0.05) is 0 Å². The average molecular weight is 386 g/mol. The fourth-order valence-electron chi connectivity index (χ4n) is 5.04. The number of hydrogen-bond donors (Lipinski definition) is 1. The topological polar surface area (TPSA) is 82.1 Å². The van der Waals surface area contributed by atoms with E-state index >= 15 is 0 Å². The predicted octanol–water partition coefficient (Wildman–Crippen LogP) is 2.79. The third-order valence-corrected chi connectivity index (χ3v) is 6.54. The molecule has 0 amide bonds. The summed E-state index contributed by atoms with van der Waals surface area (Å²) in [5, 5.41) is 11.3. The molecule has 5 atom stereocenters. The molecule has 2 aliphatic heterocycles. The van der Waals surface area contributed by atoms with E-state index in [0.29, 0.717) is 12.0 Å². The molecule has 1 saturated carbocycles. The highest BCUT2D eigenvalue weighted by atomic mass is 16.6. The molecule has 6 nitrogen and oxygen atoms in total. The number of rotatable bonds is 2. The minimum Gasteiger partial charge on any atom is -0.458 e. The molecule has 150 valence electrons. The van der Waals surface area contributed by atoms with Crippen molar-refractivity contribution < 1.29 is 28.9 Å². The Morgan fingerprint density at radius 1 is 1.18 bits per heavy atom. The van der Waals surface area contributed by atoms with E-state index in [4.69, 9.17) is 14.2 Å². The highest BCUT2D eigenvalue weighted by Crippen LogP contribution is 2.62. The predicted molar refractivity (Wildman–Crippen MR) is 101 cm³/mol. The Bertz CT molecular complexity index is 842. The van der Waals surface area contributed by atoms with Crippen LogP contribution in [0.4, 0.5) is 0 Å². The van der Waals surface area contributed by atoms with E-state index in [-0.39, 0.29) is 6.42 Å². The van der Waals surface area contributed by atoms with Gasteiger partial charge in [-0.05, 0) is 58.7 Å². The lowest BCUT2D eigenvalue weighted by molar-refractivity contribution is -0.276. The number of carbonyl (C=O) groups is 2. The van der Waals surface area contributed by atoms with Crippen molar-refractivity contribution >= 4 is 11.9 Å². The zero-order valence-electron chi connectivity index (χ0n) is 16.6. The smallest absolute Gasteiger partial charge is 0.343 e. The Morgan fingerprint density at radius 2 is 1.86 bits per heavy atom. The SMILES string of the molecule is CC1(C)C=C[C@@H]2OC(=O)[C@]3(O1)[C@@]2(C)[C@@H](OC(=O)c1ccccc1)CC[C@]3(C)O. The first-order valence-corrected chi connectivity index (χ1v) is 9.62. The van der Waals surface area contributed by atoms with E-state index in [1.807, 2.05) is 32.9 Å². The molecule has 1 N–H and O–H groups in total. The zero-order chi connectivity index (χ0) is 20.4. The van der Waals surface area contributed by atoms with E-state index in [2.05, 4.69) is 0 Å². The maximum Gasteiger partial charge on any atom is 0.343 e. The molecule has 4 rings (SSSR count). The van der Waals surface area contributed by atoms with Crippen LogP contribution in [0.5, 0.6) is 0 Å². The van der Waals surface area contributed by atoms with Gasteiger partial charge in [-0.2, -0.15) is 0 Å². The molecule has 6 heteroatoms. The van der Waals surface area contributed by atoms with Crippen LogP contribution >= 0.6 is 0 Å². The second-order valence-electron chi connectivity index (χ2n) is 8.93. The van der Waals surface area contributed by atoms with Crippen molar-refractivity contribution in [3.8, 4) is 0 Å². The molecule has 0 aromatic heterocycles. The molecule has 1 aliphatic carbocycles. The van der Waals surface area contributed by atoms with Crippen LogP contribution in [-0.2, 0) is 19.0 Å². The van der Waals surface area contributed by atoms with Crippen molar-refractivity contribution in [1.82, 2.24) is 0 Å². The fourth-order valence-corrected chi connectivity index (χ4v) is 5.04. The molecule has 1 saturated heterocycles. The quantitative estimate of drug-likeness (QED) is 0.622. The summed E-state index contributed by atoms with van der Waals surface area (Å²) < 4.78 is 17.9. The van der Waals surface area contributed by atoms with Crippen molar-refractivity contribution in [2.24, 2.45) is 5.41 Å². The third kappa shape index (κ3) is 2.40. The summed E-state index contributed by atoms with van der Waals surface area (Å²) in [6.07, 6.45) is 2.94. The Hall–Kier alpha value is -2.18. The van der Waals surface area contributed by atoms with Crippen molar-refractivity contribution in [1.29, 1.82) is 0 Å². The molecule has 1 aromatic rings. The first kappa shape index (κ1) is 19.2. The Kier molecular flexibility index (Phi) is 4.04. The van der Waals surface area contributed by atoms with Gasteiger partial charge in [0.2, 0.25) is 5.60 Å². The van der Waals surface area contributed by atoms with Crippen LogP contribution in [0.25, 0.3) is 0 Å². The monoisotopic (exact) mass is 386 g/mol. The average Bonchev–Trinajstić information content (AvgIpc) is 2.80. The minimum absolute atomic E-state index is 0.243. The number of ether oxygens (including phenoxy) is 3. The van der Waals surface area contributed by atoms with E-state index in [1.54, 1.807) is 37.3 Å². The molecule has 28 heavy (non-hydrogen) atoms. The van der Waals surface area contributed by atoms with Crippen LogP contribution in [0, 0.1) is 5.41 Å². The molecular weight excluding hydrogens is 360 g/mol. The van der Waals surface area contributed by atoms with Crippen molar-refractivity contribution in [3.63, 3.8) is 0 Å². The van der Waals surface area contributed by atoms with Crippen LogP contribution < -0.4 is 0 Å². The molecular formula is C22H26O6. The first-order chi connectivity index (χ1) is 13.0. The summed E-state index contributed by atoms with van der Waals surface area (Å²) in [7, 11) is 0. The van der Waals surface area contributed by atoms with Crippen molar-refractivity contribution in [2.75, 3.05) is 0 Å². The van der Waals surface area contributed by atoms with Gasteiger partial charge in [0.15, 0.2) is 0 Å². The molecule has 1 aromatic carbocycles. The number of esters is 2. The van der Waals surface area contributed by atoms with Gasteiger partial charge >= 0.3 is 11.9 Å². The molecule has 2 heterocycles. The Labute approximate surface area is 164 Å². The standard InChI is InChI=1S/C22H26O6/c1-19(2)12-10-16-21(4)15(26-17(23)14-8-6-5-7-9-14)11-13-20(3,25)22(21,28-19)18(24)27-16/h5-10,12,15-16,25H,11,13H2,1-4H3/t15-,16-,20-,21-,22+/m0/s1. The van der Waals surface area contributed by atoms with Gasteiger partial charge in [0.1, 0.15) is 17.8 Å². The summed E-state index contributed by atoms with van der Waals surface area (Å²) >= 11 is 0. The van der Waals surface area contributed by atoms with E-state index in [0.717, 1.165) is 0 Å². The van der Waals surface area contributed by atoms with Gasteiger partial charge in [-0.3, -0.25) is 0 Å². The van der Waals surface area contributed by atoms with Crippen LogP contribution in [0.15, 0.2) is 42.5 Å². The van der Waals surface area contributed by atoms with Crippen molar-refractivity contribution in [2.45, 2.75) is 69.5 Å². The third-order valence-electron chi connectivity index (χ3n) is 6.54. The summed E-state index contributed by atoms with van der Waals surface area (Å²) in [6.45, 7) is 7.08. The molecule has 2 bridgehead atoms. The maximum atomic E-state index is 13.1. The Balaban J connectivity index is 1.79. The first-order valence-electron chi connectivity index (χ1n) is 9.62. The number of aliphatic hydroxyl groups is 1. The number of hydrogen-bond acceptors (Lipinski definition) is 6. The summed E-state index contributed by atoms with van der Waals surface area (Å²) in [6, 6.07) is 8.72. The summed E-state index contributed by atoms with van der Waals surface area (Å²) in [4.78, 5) is 25.8. The highest BCUT2D eigenvalue weighted by molar-refractivity contribution is 5.90. The zero-order valence-corrected chi connectivity index (χ0v) is 16.6. The second kappa shape index (κ2) is 5.91. The van der Waals surface area contributed by atoms with Crippen molar-refractivity contribution in [3.05, 3.63) is 48.0 Å². The lowest BCUT2D eigenvalue weighted by Crippen LogP contribution is -2.73. The van der Waals surface area contributed by atoms with Crippen LogP contribution in [0.1, 0.15) is 50.9 Å². The lowest BCUT2D eigenvalue weighted by Gasteiger charge is -2.56. The van der Waals surface area contributed by atoms with Gasteiger partial charge < -0.3 is 19.3 Å². The van der Waals surface area contributed by atoms with Crippen LogP contribution in [0.3, 0.4) is 0 Å². The van der Waals surface area contributed by atoms with Gasteiger partial charge in [-0.15, -0.1) is 0 Å². The van der Waals surface area contributed by atoms with Gasteiger partial charge in [-0.1, -0.05) is 24.3 Å². The minimum atomic E-state index is -1.64. The van der Waals surface area contributed by atoms with Gasteiger partial charge in [0.25, 0.3) is 0 Å². The molecule has 2 fully saturated rings. The summed E-state index contributed by atoms with van der Waals surface area (Å²) in [5.74, 6) is -1.08. The highest BCUT2D eigenvalue weighted by Gasteiger charge is 2.79. The molecule has 0 unspecified atom stereocenters. The van der Waals surface area contributed by atoms with Gasteiger partial charge in [0.05, 0.1) is 16.6 Å². The van der Waals surface area contributed by atoms with Crippen LogP contribution in [-0.4, -0.2) is 46.1 Å². The van der Waals surface area contributed by atoms with E-state index in [9.17, 15) is 14.7 Å². The molecule has 0 spiro atoms. The van der Waals surface area contributed by atoms with E-state index in [1.165, 1.54) is 0 Å². The molecule has 3 aliphatic rings. The number of benzene rings is 1. The molecule has 0 radical (unpaired) electrons. The second-order valence-corrected chi connectivity index (χ2v) is 8.93. The van der Waals surface area contributed by atoms with Crippen LogP contribution in [0.2, 0.25) is 0 Å². The van der Waals surface area contributed by atoms with Gasteiger partial charge in [-0.25, -0.2) is 9.59 Å². The normalized spacial score (nSPS) is 41.0. The largest absolute Gasteiger partial charge is 0.458 e. The maximum absolute atomic E-state index is 13.1. The fraction of sp³-hybridized carbons (Fsp3) is 0.545. The Morgan fingerprint density at radius 3 is 2.54 bits per heavy atom.